The SMILES string of the molecule is Cc1cn(-c2cncc3[nH]c(-c4n[nH]c5ccc(-c6cncc(NC(=O)CC7CCCCC7)c6)cc45)cc23)cn1. The monoisotopic (exact) mass is 530 g/mol. The third-order valence-corrected chi connectivity index (χ3v) is 7.89. The number of carbonyl (C=O) groups is 1. The maximum atomic E-state index is 12.7. The van der Waals surface area contributed by atoms with E-state index in [2.05, 4.69) is 47.6 Å². The van der Waals surface area contributed by atoms with E-state index in [-0.39, 0.29) is 5.91 Å². The number of nitrogens with zero attached hydrogens (tertiary/aromatic N) is 5. The van der Waals surface area contributed by atoms with Crippen LogP contribution in [0.5, 0.6) is 0 Å². The fraction of sp³-hybridized carbons (Fsp3) is 0.258. The smallest absolute Gasteiger partial charge is 0.224 e. The second-order valence-corrected chi connectivity index (χ2v) is 10.8. The average Bonchev–Trinajstić information content (AvgIpc) is 3.71. The minimum absolute atomic E-state index is 0.0666. The lowest BCUT2D eigenvalue weighted by Gasteiger charge is -2.20. The van der Waals surface area contributed by atoms with Crippen LogP contribution in [0.25, 0.3) is 50.0 Å². The topological polar surface area (TPSA) is 117 Å². The third kappa shape index (κ3) is 4.64. The number of aromatic nitrogens is 7. The Bertz CT molecular complexity index is 1840. The number of aromatic amines is 2. The van der Waals surface area contributed by atoms with Gasteiger partial charge in [-0.15, -0.1) is 0 Å². The molecule has 0 aliphatic heterocycles. The molecule has 9 heteroatoms. The van der Waals surface area contributed by atoms with E-state index in [4.69, 9.17) is 0 Å². The van der Waals surface area contributed by atoms with Crippen LogP contribution < -0.4 is 5.32 Å². The molecule has 0 spiro atoms. The molecule has 0 unspecified atom stereocenters. The van der Waals surface area contributed by atoms with Crippen molar-refractivity contribution >= 4 is 33.4 Å². The summed E-state index contributed by atoms with van der Waals surface area (Å²) in [4.78, 5) is 29.4. The molecule has 7 rings (SSSR count). The van der Waals surface area contributed by atoms with Gasteiger partial charge >= 0.3 is 0 Å². The van der Waals surface area contributed by atoms with Crippen LogP contribution in [0.4, 0.5) is 5.69 Å². The summed E-state index contributed by atoms with van der Waals surface area (Å²) in [5, 5.41) is 12.9. The largest absolute Gasteiger partial charge is 0.352 e. The predicted molar refractivity (Wildman–Crippen MR) is 156 cm³/mol. The second-order valence-electron chi connectivity index (χ2n) is 10.8. The number of anilines is 1. The molecule has 1 aromatic carbocycles. The lowest BCUT2D eigenvalue weighted by molar-refractivity contribution is -0.117. The van der Waals surface area contributed by atoms with Gasteiger partial charge in [-0.2, -0.15) is 5.10 Å². The fourth-order valence-electron chi connectivity index (χ4n) is 5.85. The molecule has 0 atom stereocenters. The number of amides is 1. The molecule has 1 amide bonds. The Morgan fingerprint density at radius 3 is 2.70 bits per heavy atom. The Morgan fingerprint density at radius 1 is 0.975 bits per heavy atom. The van der Waals surface area contributed by atoms with Crippen LogP contribution in [0.1, 0.15) is 44.2 Å². The van der Waals surface area contributed by atoms with Gasteiger partial charge in [-0.3, -0.25) is 19.9 Å². The van der Waals surface area contributed by atoms with E-state index in [0.29, 0.717) is 12.3 Å². The first-order valence-corrected chi connectivity index (χ1v) is 13.8. The molecule has 200 valence electrons. The van der Waals surface area contributed by atoms with Gasteiger partial charge in [0.25, 0.3) is 0 Å². The van der Waals surface area contributed by atoms with Crippen molar-refractivity contribution in [3.05, 3.63) is 73.3 Å². The second kappa shape index (κ2) is 10.1. The Kier molecular flexibility index (Phi) is 6.11. The van der Waals surface area contributed by atoms with Gasteiger partial charge in [0.05, 0.1) is 58.7 Å². The molecular weight excluding hydrogens is 500 g/mol. The number of hydrogen-bond acceptors (Lipinski definition) is 5. The quantitative estimate of drug-likeness (QED) is 0.225. The van der Waals surface area contributed by atoms with Gasteiger partial charge in [0.15, 0.2) is 0 Å². The van der Waals surface area contributed by atoms with Crippen molar-refractivity contribution in [1.29, 1.82) is 0 Å². The number of imidazole rings is 1. The highest BCUT2D eigenvalue weighted by Gasteiger charge is 2.18. The first kappa shape index (κ1) is 24.3. The molecule has 6 aromatic rings. The Balaban J connectivity index is 1.19. The van der Waals surface area contributed by atoms with Crippen molar-refractivity contribution in [3.8, 4) is 28.2 Å². The highest BCUT2D eigenvalue weighted by molar-refractivity contribution is 5.99. The van der Waals surface area contributed by atoms with E-state index in [1.54, 1.807) is 12.5 Å². The van der Waals surface area contributed by atoms with E-state index in [1.807, 2.05) is 54.5 Å². The van der Waals surface area contributed by atoms with Crippen LogP contribution >= 0.6 is 0 Å². The first-order chi connectivity index (χ1) is 19.6. The maximum Gasteiger partial charge on any atom is 0.224 e. The molecule has 1 saturated carbocycles. The number of fused-ring (bicyclic) bond motifs is 2. The lowest BCUT2D eigenvalue weighted by Crippen LogP contribution is -2.18. The summed E-state index contributed by atoms with van der Waals surface area (Å²) < 4.78 is 1.98. The number of carbonyl (C=O) groups excluding carboxylic acids is 1. The van der Waals surface area contributed by atoms with Crippen molar-refractivity contribution in [1.82, 2.24) is 34.7 Å². The molecule has 5 aromatic heterocycles. The average molecular weight is 531 g/mol. The zero-order chi connectivity index (χ0) is 27.1. The molecule has 0 saturated heterocycles. The van der Waals surface area contributed by atoms with Crippen molar-refractivity contribution < 1.29 is 4.79 Å². The normalized spacial score (nSPS) is 14.2. The zero-order valence-electron chi connectivity index (χ0n) is 22.3. The van der Waals surface area contributed by atoms with Gasteiger partial charge in [-0.05, 0) is 55.5 Å². The predicted octanol–water partition coefficient (Wildman–Crippen LogP) is 6.57. The van der Waals surface area contributed by atoms with Gasteiger partial charge in [-0.25, -0.2) is 4.98 Å². The van der Waals surface area contributed by atoms with Crippen LogP contribution in [-0.4, -0.2) is 40.6 Å². The number of hydrogen-bond donors (Lipinski definition) is 3. The third-order valence-electron chi connectivity index (χ3n) is 7.89. The molecule has 9 nitrogen and oxygen atoms in total. The number of aryl methyl sites for hydroxylation is 1. The van der Waals surface area contributed by atoms with Crippen LogP contribution in [0, 0.1) is 12.8 Å². The van der Waals surface area contributed by atoms with Gasteiger partial charge < -0.3 is 14.9 Å². The Hall–Kier alpha value is -4.79. The maximum absolute atomic E-state index is 12.7. The number of rotatable bonds is 6. The Labute approximate surface area is 231 Å². The summed E-state index contributed by atoms with van der Waals surface area (Å²) in [6.45, 7) is 1.97. The van der Waals surface area contributed by atoms with Gasteiger partial charge in [-0.1, -0.05) is 25.3 Å². The molecule has 0 bridgehead atoms. The van der Waals surface area contributed by atoms with E-state index in [0.717, 1.165) is 74.2 Å². The van der Waals surface area contributed by atoms with E-state index < -0.39 is 0 Å². The highest BCUT2D eigenvalue weighted by Crippen LogP contribution is 2.34. The van der Waals surface area contributed by atoms with Crippen LogP contribution in [0.3, 0.4) is 0 Å². The van der Waals surface area contributed by atoms with Gasteiger partial charge in [0.2, 0.25) is 5.91 Å². The summed E-state index contributed by atoms with van der Waals surface area (Å²) in [6, 6.07) is 10.3. The number of benzene rings is 1. The summed E-state index contributed by atoms with van der Waals surface area (Å²) in [5.41, 5.74) is 8.13. The Morgan fingerprint density at radius 2 is 1.85 bits per heavy atom. The van der Waals surface area contributed by atoms with E-state index in [9.17, 15) is 4.79 Å². The molecule has 5 heterocycles. The summed E-state index contributed by atoms with van der Waals surface area (Å²) in [5.74, 6) is 0.560. The van der Waals surface area contributed by atoms with E-state index in [1.165, 1.54) is 19.3 Å². The summed E-state index contributed by atoms with van der Waals surface area (Å²) in [6.07, 6.45) is 17.6. The molecule has 1 aliphatic carbocycles. The van der Waals surface area contributed by atoms with Crippen molar-refractivity contribution in [2.45, 2.75) is 45.4 Å². The molecule has 40 heavy (non-hydrogen) atoms. The molecular formula is C31H30N8O. The highest BCUT2D eigenvalue weighted by atomic mass is 16.1. The minimum atomic E-state index is 0.0666. The van der Waals surface area contributed by atoms with Crippen LogP contribution in [-0.2, 0) is 4.79 Å². The molecule has 0 radical (unpaired) electrons. The molecule has 3 N–H and O–H groups in total. The van der Waals surface area contributed by atoms with Gasteiger partial charge in [0.1, 0.15) is 5.69 Å². The summed E-state index contributed by atoms with van der Waals surface area (Å²) in [7, 11) is 0. The number of pyridine rings is 2. The van der Waals surface area contributed by atoms with Gasteiger partial charge in [0, 0.05) is 35.2 Å². The van der Waals surface area contributed by atoms with Crippen LogP contribution in [0.2, 0.25) is 0 Å². The molecule has 1 aliphatic rings. The fourth-order valence-corrected chi connectivity index (χ4v) is 5.85. The van der Waals surface area contributed by atoms with Crippen LogP contribution in [0.15, 0.2) is 67.6 Å². The minimum Gasteiger partial charge on any atom is -0.352 e. The first-order valence-electron chi connectivity index (χ1n) is 13.8. The zero-order valence-corrected chi connectivity index (χ0v) is 22.3. The van der Waals surface area contributed by atoms with Crippen molar-refractivity contribution in [3.63, 3.8) is 0 Å². The lowest BCUT2D eigenvalue weighted by atomic mass is 9.87. The van der Waals surface area contributed by atoms with E-state index >= 15 is 0 Å². The summed E-state index contributed by atoms with van der Waals surface area (Å²) >= 11 is 0. The molecule has 1 fully saturated rings. The number of nitrogens with one attached hydrogen (secondary N) is 3. The van der Waals surface area contributed by atoms with Crippen molar-refractivity contribution in [2.75, 3.05) is 5.32 Å². The van der Waals surface area contributed by atoms with Crippen molar-refractivity contribution in [2.24, 2.45) is 5.92 Å². The standard InChI is InChI=1S/C31H30N8O/c1-19-17-39(18-34-19)29-16-33-15-28-24(29)12-27(36-28)31-25-11-21(7-8-26(25)37-38-31)22-10-23(14-32-13-22)35-30(40)9-20-5-3-2-4-6-20/h7-8,10-18,20,36H,2-6,9H2,1H3,(H,35,40)(H,37,38). The number of H-pyrrole nitrogens is 2.